The Morgan fingerprint density at radius 3 is 2.71 bits per heavy atom. The quantitative estimate of drug-likeness (QED) is 0.788. The number of ether oxygens (including phenoxy) is 3. The van der Waals surface area contributed by atoms with Crippen molar-refractivity contribution in [3.8, 4) is 0 Å². The van der Waals surface area contributed by atoms with Gasteiger partial charge in [-0.3, -0.25) is 0 Å². The number of nitrogens with zero attached hydrogens (tertiary/aromatic N) is 3. The SMILES string of the molecule is CCOC(=O)c1ccccc1Nc1cc(N2CCC3(CC2)OCCO3)ncn1. The third-order valence-electron chi connectivity index (χ3n) is 5.00. The van der Waals surface area contributed by atoms with Gasteiger partial charge in [0.25, 0.3) is 0 Å². The lowest BCUT2D eigenvalue weighted by Crippen LogP contribution is -2.45. The molecule has 2 aliphatic heterocycles. The Morgan fingerprint density at radius 1 is 1.21 bits per heavy atom. The number of carbonyl (C=O) groups is 1. The molecule has 1 spiro atoms. The topological polar surface area (TPSA) is 85.8 Å². The van der Waals surface area contributed by atoms with E-state index in [1.165, 1.54) is 6.33 Å². The number of anilines is 3. The van der Waals surface area contributed by atoms with Gasteiger partial charge in [0.2, 0.25) is 0 Å². The van der Waals surface area contributed by atoms with Crippen molar-refractivity contribution in [2.45, 2.75) is 25.6 Å². The van der Waals surface area contributed by atoms with Crippen LogP contribution < -0.4 is 10.2 Å². The number of benzene rings is 1. The highest BCUT2D eigenvalue weighted by Crippen LogP contribution is 2.33. The van der Waals surface area contributed by atoms with E-state index in [9.17, 15) is 4.79 Å². The summed E-state index contributed by atoms with van der Waals surface area (Å²) in [4.78, 5) is 23.1. The van der Waals surface area contributed by atoms with Crippen LogP contribution in [-0.4, -0.2) is 54.6 Å². The van der Waals surface area contributed by atoms with Crippen LogP contribution in [0.5, 0.6) is 0 Å². The fourth-order valence-corrected chi connectivity index (χ4v) is 3.57. The van der Waals surface area contributed by atoms with Crippen molar-refractivity contribution in [3.05, 3.63) is 42.2 Å². The first-order valence-corrected chi connectivity index (χ1v) is 9.57. The standard InChI is InChI=1S/C20H24N4O4/c1-2-26-19(25)15-5-3-4-6-16(15)23-17-13-18(22-14-21-17)24-9-7-20(8-10-24)27-11-12-28-20/h3-6,13-14H,2,7-12H2,1H3,(H,21,22,23). The summed E-state index contributed by atoms with van der Waals surface area (Å²) in [5, 5.41) is 3.21. The van der Waals surface area contributed by atoms with Crippen molar-refractivity contribution in [2.24, 2.45) is 0 Å². The first-order valence-electron chi connectivity index (χ1n) is 9.57. The van der Waals surface area contributed by atoms with Gasteiger partial charge in [-0.05, 0) is 19.1 Å². The second-order valence-electron chi connectivity index (χ2n) is 6.75. The molecule has 0 bridgehead atoms. The van der Waals surface area contributed by atoms with Crippen LogP contribution in [0, 0.1) is 0 Å². The van der Waals surface area contributed by atoms with Crippen molar-refractivity contribution in [1.82, 2.24) is 9.97 Å². The molecule has 2 aliphatic rings. The summed E-state index contributed by atoms with van der Waals surface area (Å²) in [6, 6.07) is 9.11. The Kier molecular flexibility index (Phi) is 5.40. The van der Waals surface area contributed by atoms with Gasteiger partial charge in [0.15, 0.2) is 5.79 Å². The molecule has 0 amide bonds. The Labute approximate surface area is 163 Å². The zero-order valence-corrected chi connectivity index (χ0v) is 15.9. The van der Waals surface area contributed by atoms with Crippen molar-refractivity contribution < 1.29 is 19.0 Å². The maximum absolute atomic E-state index is 12.2. The second kappa shape index (κ2) is 8.12. The van der Waals surface area contributed by atoms with Crippen LogP contribution in [0.2, 0.25) is 0 Å². The number of carbonyl (C=O) groups excluding carboxylic acids is 1. The monoisotopic (exact) mass is 384 g/mol. The molecule has 0 saturated carbocycles. The van der Waals surface area contributed by atoms with Crippen molar-refractivity contribution in [3.63, 3.8) is 0 Å². The minimum Gasteiger partial charge on any atom is -0.462 e. The number of esters is 1. The highest BCUT2D eigenvalue weighted by atomic mass is 16.7. The molecular weight excluding hydrogens is 360 g/mol. The molecule has 2 saturated heterocycles. The summed E-state index contributed by atoms with van der Waals surface area (Å²) in [5.41, 5.74) is 1.12. The summed E-state index contributed by atoms with van der Waals surface area (Å²) < 4.78 is 16.7. The molecular formula is C20H24N4O4. The first kappa shape index (κ1) is 18.6. The van der Waals surface area contributed by atoms with Crippen LogP contribution in [0.25, 0.3) is 0 Å². The van der Waals surface area contributed by atoms with Gasteiger partial charge in [0.05, 0.1) is 31.1 Å². The lowest BCUT2D eigenvalue weighted by atomic mass is 10.0. The van der Waals surface area contributed by atoms with Crippen LogP contribution in [0.1, 0.15) is 30.1 Å². The lowest BCUT2D eigenvalue weighted by molar-refractivity contribution is -0.169. The Balaban J connectivity index is 1.47. The average molecular weight is 384 g/mol. The van der Waals surface area contributed by atoms with Gasteiger partial charge < -0.3 is 24.4 Å². The van der Waals surface area contributed by atoms with E-state index in [1.807, 2.05) is 18.2 Å². The third kappa shape index (κ3) is 3.93. The number of piperidine rings is 1. The number of hydrogen-bond acceptors (Lipinski definition) is 8. The lowest BCUT2D eigenvalue weighted by Gasteiger charge is -2.38. The van der Waals surface area contributed by atoms with Gasteiger partial charge in [-0.25, -0.2) is 14.8 Å². The van der Waals surface area contributed by atoms with Crippen LogP contribution in [0.3, 0.4) is 0 Å². The maximum Gasteiger partial charge on any atom is 0.340 e. The molecule has 0 atom stereocenters. The van der Waals surface area contributed by atoms with Crippen LogP contribution in [0.15, 0.2) is 36.7 Å². The summed E-state index contributed by atoms with van der Waals surface area (Å²) >= 11 is 0. The molecule has 28 heavy (non-hydrogen) atoms. The van der Waals surface area contributed by atoms with Crippen molar-refractivity contribution >= 4 is 23.3 Å². The van der Waals surface area contributed by atoms with E-state index in [4.69, 9.17) is 14.2 Å². The molecule has 8 nitrogen and oxygen atoms in total. The molecule has 1 N–H and O–H groups in total. The largest absolute Gasteiger partial charge is 0.462 e. The first-order chi connectivity index (χ1) is 13.7. The van der Waals surface area contributed by atoms with Gasteiger partial charge in [0.1, 0.15) is 18.0 Å². The highest BCUT2D eigenvalue weighted by molar-refractivity contribution is 5.96. The molecule has 1 aromatic heterocycles. The number of hydrogen-bond donors (Lipinski definition) is 1. The van der Waals surface area contributed by atoms with Gasteiger partial charge in [-0.2, -0.15) is 0 Å². The number of para-hydroxylation sites is 1. The molecule has 0 aliphatic carbocycles. The van der Waals surface area contributed by atoms with Gasteiger partial charge in [-0.1, -0.05) is 12.1 Å². The van der Waals surface area contributed by atoms with E-state index < -0.39 is 5.79 Å². The summed E-state index contributed by atoms with van der Waals surface area (Å²) in [6.07, 6.45) is 3.15. The highest BCUT2D eigenvalue weighted by Gasteiger charge is 2.40. The van der Waals surface area contributed by atoms with E-state index in [0.717, 1.165) is 31.7 Å². The smallest absolute Gasteiger partial charge is 0.340 e. The molecule has 8 heteroatoms. The normalized spacial score (nSPS) is 18.2. The van der Waals surface area contributed by atoms with Crippen molar-refractivity contribution in [1.29, 1.82) is 0 Å². The van der Waals surface area contributed by atoms with E-state index in [2.05, 4.69) is 20.2 Å². The molecule has 0 radical (unpaired) electrons. The van der Waals surface area contributed by atoms with E-state index in [1.54, 1.807) is 19.1 Å². The third-order valence-corrected chi connectivity index (χ3v) is 5.00. The Bertz CT molecular complexity index is 828. The molecule has 2 fully saturated rings. The molecule has 4 rings (SSSR count). The zero-order chi connectivity index (χ0) is 19.4. The number of aromatic nitrogens is 2. The molecule has 3 heterocycles. The molecule has 0 unspecified atom stereocenters. The van der Waals surface area contributed by atoms with E-state index in [0.29, 0.717) is 36.9 Å². The van der Waals surface area contributed by atoms with Crippen LogP contribution in [-0.2, 0) is 14.2 Å². The van der Waals surface area contributed by atoms with Gasteiger partial charge in [-0.15, -0.1) is 0 Å². The Hall–Kier alpha value is -2.71. The Morgan fingerprint density at radius 2 is 1.96 bits per heavy atom. The van der Waals surface area contributed by atoms with E-state index in [-0.39, 0.29) is 5.97 Å². The molecule has 148 valence electrons. The average Bonchev–Trinajstić information content (AvgIpc) is 3.17. The van der Waals surface area contributed by atoms with Crippen LogP contribution >= 0.6 is 0 Å². The molecule has 2 aromatic rings. The minimum atomic E-state index is -0.414. The van der Waals surface area contributed by atoms with Crippen LogP contribution in [0.4, 0.5) is 17.3 Å². The van der Waals surface area contributed by atoms with E-state index >= 15 is 0 Å². The number of nitrogens with one attached hydrogen (secondary N) is 1. The van der Waals surface area contributed by atoms with Crippen molar-refractivity contribution in [2.75, 3.05) is 43.1 Å². The minimum absolute atomic E-state index is 0.328. The maximum atomic E-state index is 12.2. The van der Waals surface area contributed by atoms with Gasteiger partial charge in [0, 0.05) is 32.0 Å². The number of rotatable bonds is 5. The summed E-state index contributed by atoms with van der Waals surface area (Å²) in [6.45, 7) is 5.05. The zero-order valence-electron chi connectivity index (χ0n) is 15.9. The van der Waals surface area contributed by atoms with Gasteiger partial charge >= 0.3 is 5.97 Å². The predicted molar refractivity (Wildman–Crippen MR) is 104 cm³/mol. The summed E-state index contributed by atoms with van der Waals surface area (Å²) in [5.74, 6) is 0.676. The molecule has 1 aromatic carbocycles. The fraction of sp³-hybridized carbons (Fsp3) is 0.450. The summed E-state index contributed by atoms with van der Waals surface area (Å²) in [7, 11) is 0. The second-order valence-corrected chi connectivity index (χ2v) is 6.75. The predicted octanol–water partition coefficient (Wildman–Crippen LogP) is 2.74. The fourth-order valence-electron chi connectivity index (χ4n) is 3.57.